The summed E-state index contributed by atoms with van der Waals surface area (Å²) in [6, 6.07) is 2.76. The Morgan fingerprint density at radius 3 is 2.52 bits per heavy atom. The van der Waals surface area contributed by atoms with Crippen molar-refractivity contribution in [2.24, 2.45) is 5.92 Å². The van der Waals surface area contributed by atoms with Gasteiger partial charge in [0.2, 0.25) is 0 Å². The number of carboxylic acids is 1. The van der Waals surface area contributed by atoms with Crippen LogP contribution in [0.25, 0.3) is 0 Å². The second kappa shape index (κ2) is 7.40. The van der Waals surface area contributed by atoms with Crippen LogP contribution >= 0.6 is 11.3 Å². The predicted octanol–water partition coefficient (Wildman–Crippen LogP) is 0.734. The lowest BCUT2D eigenvalue weighted by Gasteiger charge is -2.28. The quantitative estimate of drug-likeness (QED) is 0.658. The first kappa shape index (κ1) is 19.8. The number of rotatable bonds is 6. The predicted molar refractivity (Wildman–Crippen MR) is 92.1 cm³/mol. The molecule has 2 heterocycles. The van der Waals surface area contributed by atoms with Crippen LogP contribution in [0.1, 0.15) is 36.4 Å². The first-order valence-corrected chi connectivity index (χ1v) is 10.1. The number of thiophene rings is 1. The van der Waals surface area contributed by atoms with Gasteiger partial charge in [-0.3, -0.25) is 4.79 Å². The zero-order valence-electron chi connectivity index (χ0n) is 14.1. The summed E-state index contributed by atoms with van der Waals surface area (Å²) < 4.78 is 26.8. The van der Waals surface area contributed by atoms with Gasteiger partial charge in [-0.15, -0.1) is 11.3 Å². The molecule has 8 nitrogen and oxygen atoms in total. The minimum absolute atomic E-state index is 0.0807. The fourth-order valence-corrected chi connectivity index (χ4v) is 5.20. The van der Waals surface area contributed by atoms with Gasteiger partial charge >= 0.3 is 5.97 Å². The van der Waals surface area contributed by atoms with Crippen molar-refractivity contribution in [2.45, 2.75) is 36.5 Å². The van der Waals surface area contributed by atoms with Crippen LogP contribution in [0, 0.1) is 5.92 Å². The van der Waals surface area contributed by atoms with Gasteiger partial charge in [-0.1, -0.05) is 6.92 Å². The number of sulfonamides is 1. The van der Waals surface area contributed by atoms with E-state index in [2.05, 4.69) is 12.2 Å². The zero-order chi connectivity index (χ0) is 18.8. The third-order valence-electron chi connectivity index (χ3n) is 4.20. The molecule has 0 aromatic carbocycles. The maximum Gasteiger partial charge on any atom is 0.337 e. The molecule has 1 atom stereocenters. The van der Waals surface area contributed by atoms with Crippen molar-refractivity contribution in [2.75, 3.05) is 19.6 Å². The molecule has 140 valence electrons. The summed E-state index contributed by atoms with van der Waals surface area (Å²) in [6.45, 7) is 3.60. The van der Waals surface area contributed by atoms with Gasteiger partial charge in [-0.25, -0.2) is 13.2 Å². The van der Waals surface area contributed by atoms with Crippen LogP contribution < -0.4 is 5.32 Å². The van der Waals surface area contributed by atoms with Crippen LogP contribution in [-0.2, 0) is 14.8 Å². The van der Waals surface area contributed by atoms with Crippen LogP contribution in [0.5, 0.6) is 0 Å². The Kier molecular flexibility index (Phi) is 5.87. The third-order valence-corrected chi connectivity index (χ3v) is 7.65. The molecule has 1 unspecified atom stereocenters. The second-order valence-corrected chi connectivity index (χ2v) is 9.72. The number of piperidine rings is 1. The van der Waals surface area contributed by atoms with Crippen LogP contribution in [0.2, 0.25) is 0 Å². The van der Waals surface area contributed by atoms with Crippen molar-refractivity contribution in [1.82, 2.24) is 9.62 Å². The Bertz CT molecular complexity index is 748. The van der Waals surface area contributed by atoms with E-state index in [0.29, 0.717) is 19.0 Å². The zero-order valence-corrected chi connectivity index (χ0v) is 15.7. The number of aliphatic carboxylic acids is 1. The molecule has 1 aliphatic rings. The van der Waals surface area contributed by atoms with E-state index in [1.165, 1.54) is 16.4 Å². The summed E-state index contributed by atoms with van der Waals surface area (Å²) in [5, 5.41) is 20.7. The van der Waals surface area contributed by atoms with Gasteiger partial charge in [0, 0.05) is 13.1 Å². The molecule has 0 spiro atoms. The van der Waals surface area contributed by atoms with Gasteiger partial charge in [0.15, 0.2) is 5.60 Å². The van der Waals surface area contributed by atoms with E-state index in [-0.39, 0.29) is 9.09 Å². The Balaban J connectivity index is 2.06. The molecule has 1 fully saturated rings. The highest BCUT2D eigenvalue weighted by Gasteiger charge is 2.32. The van der Waals surface area contributed by atoms with Crippen LogP contribution in [-0.4, -0.2) is 60.0 Å². The number of aliphatic hydroxyl groups is 1. The van der Waals surface area contributed by atoms with Crippen molar-refractivity contribution < 1.29 is 28.2 Å². The van der Waals surface area contributed by atoms with Crippen molar-refractivity contribution in [3.8, 4) is 0 Å². The average Bonchev–Trinajstić information content (AvgIpc) is 3.04. The standard InChI is InChI=1S/C15H22N2O6S2/c1-10-5-7-17(8-6-10)25(22,23)12-4-3-11(24-12)13(18)16-9-15(2,21)14(19)20/h3-4,10,21H,5-9H2,1-2H3,(H,16,18)(H,19,20). The Hall–Kier alpha value is -1.49. The Morgan fingerprint density at radius 2 is 1.96 bits per heavy atom. The normalized spacial score (nSPS) is 19.3. The number of nitrogens with zero attached hydrogens (tertiary/aromatic N) is 1. The Labute approximate surface area is 150 Å². The van der Waals surface area contributed by atoms with E-state index >= 15 is 0 Å². The van der Waals surface area contributed by atoms with E-state index in [9.17, 15) is 23.1 Å². The molecule has 0 bridgehead atoms. The highest BCUT2D eigenvalue weighted by molar-refractivity contribution is 7.91. The lowest BCUT2D eigenvalue weighted by Crippen LogP contribution is -2.46. The van der Waals surface area contributed by atoms with Crippen LogP contribution in [0.3, 0.4) is 0 Å². The molecule has 1 aromatic heterocycles. The lowest BCUT2D eigenvalue weighted by molar-refractivity contribution is -0.155. The Morgan fingerprint density at radius 1 is 1.36 bits per heavy atom. The first-order valence-electron chi connectivity index (χ1n) is 7.88. The molecule has 1 saturated heterocycles. The summed E-state index contributed by atoms with van der Waals surface area (Å²) in [6.07, 6.45) is 1.62. The topological polar surface area (TPSA) is 124 Å². The number of hydrogen-bond acceptors (Lipinski definition) is 6. The largest absolute Gasteiger partial charge is 0.479 e. The summed E-state index contributed by atoms with van der Waals surface area (Å²) in [5.74, 6) is -1.58. The van der Waals surface area contributed by atoms with E-state index in [1.54, 1.807) is 0 Å². The number of hydrogen-bond donors (Lipinski definition) is 3. The first-order chi connectivity index (χ1) is 11.5. The minimum atomic E-state index is -3.63. The molecule has 25 heavy (non-hydrogen) atoms. The molecule has 3 N–H and O–H groups in total. The van der Waals surface area contributed by atoms with Gasteiger partial charge in [-0.2, -0.15) is 4.31 Å². The third kappa shape index (κ3) is 4.57. The van der Waals surface area contributed by atoms with Crippen LogP contribution in [0.15, 0.2) is 16.3 Å². The SMILES string of the molecule is CC1CCN(S(=O)(=O)c2ccc(C(=O)NCC(C)(O)C(=O)O)s2)CC1. The molecule has 0 aliphatic carbocycles. The molecule has 2 rings (SSSR count). The highest BCUT2D eigenvalue weighted by Crippen LogP contribution is 2.28. The summed E-state index contributed by atoms with van der Waals surface area (Å²) in [7, 11) is -3.63. The van der Waals surface area contributed by atoms with Crippen molar-refractivity contribution in [1.29, 1.82) is 0 Å². The smallest absolute Gasteiger partial charge is 0.337 e. The fourth-order valence-electron chi connectivity index (χ4n) is 2.35. The maximum absolute atomic E-state index is 12.6. The molecular weight excluding hydrogens is 368 g/mol. The van der Waals surface area contributed by atoms with E-state index in [4.69, 9.17) is 5.11 Å². The van der Waals surface area contributed by atoms with Gasteiger partial charge in [0.1, 0.15) is 4.21 Å². The van der Waals surface area contributed by atoms with E-state index < -0.39 is 34.0 Å². The number of carbonyl (C=O) groups is 2. The van der Waals surface area contributed by atoms with Crippen molar-refractivity contribution in [3.63, 3.8) is 0 Å². The van der Waals surface area contributed by atoms with E-state index in [0.717, 1.165) is 31.1 Å². The molecule has 1 aliphatic heterocycles. The second-order valence-electron chi connectivity index (χ2n) is 6.47. The molecular formula is C15H22N2O6S2. The molecule has 1 amide bonds. The molecule has 0 radical (unpaired) electrons. The van der Waals surface area contributed by atoms with Crippen molar-refractivity contribution in [3.05, 3.63) is 17.0 Å². The molecule has 10 heteroatoms. The summed E-state index contributed by atoms with van der Waals surface area (Å²) in [4.78, 5) is 23.0. The summed E-state index contributed by atoms with van der Waals surface area (Å²) in [5.41, 5.74) is -2.09. The van der Waals surface area contributed by atoms with Gasteiger partial charge in [0.05, 0.1) is 11.4 Å². The van der Waals surface area contributed by atoms with Crippen LogP contribution in [0.4, 0.5) is 0 Å². The minimum Gasteiger partial charge on any atom is -0.479 e. The number of nitrogens with one attached hydrogen (secondary N) is 1. The number of carbonyl (C=O) groups excluding carboxylic acids is 1. The summed E-state index contributed by atoms with van der Waals surface area (Å²) >= 11 is 0.831. The van der Waals surface area contributed by atoms with Gasteiger partial charge < -0.3 is 15.5 Å². The monoisotopic (exact) mass is 390 g/mol. The fraction of sp³-hybridized carbons (Fsp3) is 0.600. The number of carboxylic acid groups (broad SMARTS) is 1. The molecule has 0 saturated carbocycles. The average molecular weight is 390 g/mol. The number of amides is 1. The van der Waals surface area contributed by atoms with Gasteiger partial charge in [0.25, 0.3) is 15.9 Å². The molecule has 1 aromatic rings. The van der Waals surface area contributed by atoms with E-state index in [1.807, 2.05) is 0 Å². The van der Waals surface area contributed by atoms with Gasteiger partial charge in [-0.05, 0) is 37.8 Å². The highest BCUT2D eigenvalue weighted by atomic mass is 32.2. The maximum atomic E-state index is 12.6. The lowest BCUT2D eigenvalue weighted by atomic mass is 10.0. The van der Waals surface area contributed by atoms with Crippen molar-refractivity contribution >= 4 is 33.2 Å².